The Morgan fingerprint density at radius 1 is 1.33 bits per heavy atom. The molecule has 21 heavy (non-hydrogen) atoms. The number of nitrogens with zero attached hydrogens (tertiary/aromatic N) is 2. The number of aromatic nitrogens is 2. The second-order valence-corrected chi connectivity index (χ2v) is 7.35. The first-order valence-electron chi connectivity index (χ1n) is 6.59. The molecule has 0 aliphatic heterocycles. The molecule has 0 radical (unpaired) electrons. The van der Waals surface area contributed by atoms with Crippen LogP contribution in [0.3, 0.4) is 0 Å². The van der Waals surface area contributed by atoms with Crippen molar-refractivity contribution in [2.24, 2.45) is 0 Å². The first kappa shape index (κ1) is 15.7. The monoisotopic (exact) mass is 326 g/mol. The normalized spacial score (nSPS) is 11.4. The van der Waals surface area contributed by atoms with Crippen LogP contribution < -0.4 is 10.0 Å². The van der Waals surface area contributed by atoms with Crippen LogP contribution in [0, 0.1) is 13.8 Å². The number of hydrogen-bond donors (Lipinski definition) is 2. The molecular weight excluding hydrogens is 308 g/mol. The van der Waals surface area contributed by atoms with Crippen molar-refractivity contribution >= 4 is 32.2 Å². The maximum atomic E-state index is 12.5. The third kappa shape index (κ3) is 3.70. The molecule has 0 fully saturated rings. The lowest BCUT2D eigenvalue weighted by Crippen LogP contribution is -2.17. The second kappa shape index (κ2) is 6.40. The van der Waals surface area contributed by atoms with Gasteiger partial charge in [0.15, 0.2) is 10.2 Å². The van der Waals surface area contributed by atoms with Gasteiger partial charge in [0, 0.05) is 17.6 Å². The van der Waals surface area contributed by atoms with Gasteiger partial charge in [0.25, 0.3) is 10.0 Å². The first-order chi connectivity index (χ1) is 9.94. The lowest BCUT2D eigenvalue weighted by molar-refractivity contribution is 0.598. The Bertz CT molecular complexity index is 706. The fourth-order valence-corrected chi connectivity index (χ4v) is 3.84. The van der Waals surface area contributed by atoms with Crippen molar-refractivity contribution in [1.82, 2.24) is 9.97 Å². The van der Waals surface area contributed by atoms with Crippen LogP contribution in [-0.2, 0) is 10.0 Å². The third-order valence-electron chi connectivity index (χ3n) is 2.84. The van der Waals surface area contributed by atoms with E-state index < -0.39 is 10.0 Å². The van der Waals surface area contributed by atoms with E-state index in [4.69, 9.17) is 0 Å². The van der Waals surface area contributed by atoms with Gasteiger partial charge in [0.05, 0.1) is 11.4 Å². The average molecular weight is 326 g/mol. The van der Waals surface area contributed by atoms with Gasteiger partial charge in [-0.1, -0.05) is 6.92 Å². The Balaban J connectivity index is 2.31. The predicted molar refractivity (Wildman–Crippen MR) is 85.4 cm³/mol. The Morgan fingerprint density at radius 2 is 2.10 bits per heavy atom. The van der Waals surface area contributed by atoms with Crippen LogP contribution in [0.5, 0.6) is 0 Å². The molecule has 0 amide bonds. The van der Waals surface area contributed by atoms with Crippen LogP contribution in [0.15, 0.2) is 23.4 Å². The molecule has 0 atom stereocenters. The molecule has 2 heterocycles. The smallest absolute Gasteiger partial charge is 0.283 e. The molecule has 0 unspecified atom stereocenters. The summed E-state index contributed by atoms with van der Waals surface area (Å²) in [6.45, 7) is 6.44. The van der Waals surface area contributed by atoms with Crippen molar-refractivity contribution in [2.45, 2.75) is 32.2 Å². The molecule has 2 aromatic heterocycles. The number of thiazole rings is 1. The molecule has 0 saturated carbocycles. The Labute approximate surface area is 128 Å². The summed E-state index contributed by atoms with van der Waals surface area (Å²) in [6, 6.07) is 3.41. The van der Waals surface area contributed by atoms with E-state index in [-0.39, 0.29) is 5.03 Å². The van der Waals surface area contributed by atoms with Crippen molar-refractivity contribution in [1.29, 1.82) is 0 Å². The summed E-state index contributed by atoms with van der Waals surface area (Å²) in [5, 5.41) is 3.42. The fourth-order valence-electron chi connectivity index (χ4n) is 1.68. The lowest BCUT2D eigenvalue weighted by Gasteiger charge is -2.10. The van der Waals surface area contributed by atoms with Crippen molar-refractivity contribution < 1.29 is 8.42 Å². The number of pyridine rings is 1. The van der Waals surface area contributed by atoms with Crippen LogP contribution in [0.4, 0.5) is 10.8 Å². The van der Waals surface area contributed by atoms with Gasteiger partial charge in [-0.25, -0.2) is 9.97 Å². The van der Waals surface area contributed by atoms with Gasteiger partial charge < -0.3 is 5.32 Å². The molecule has 0 aromatic carbocycles. The van der Waals surface area contributed by atoms with Gasteiger partial charge in [-0.3, -0.25) is 4.72 Å². The second-order valence-electron chi connectivity index (χ2n) is 4.55. The highest BCUT2D eigenvalue weighted by atomic mass is 32.2. The number of hydrogen-bond acceptors (Lipinski definition) is 6. The van der Waals surface area contributed by atoms with E-state index in [1.54, 1.807) is 12.1 Å². The van der Waals surface area contributed by atoms with Crippen molar-refractivity contribution in [3.8, 4) is 0 Å². The highest BCUT2D eigenvalue weighted by Crippen LogP contribution is 2.25. The predicted octanol–water partition coefficient (Wildman–Crippen LogP) is 2.78. The van der Waals surface area contributed by atoms with Gasteiger partial charge in [0.1, 0.15) is 0 Å². The minimum absolute atomic E-state index is 0.0102. The summed E-state index contributed by atoms with van der Waals surface area (Å²) < 4.78 is 27.4. The molecule has 0 bridgehead atoms. The van der Waals surface area contributed by atoms with Gasteiger partial charge in [-0.05, 0) is 32.4 Å². The number of rotatable bonds is 6. The molecule has 2 aromatic rings. The summed E-state index contributed by atoms with van der Waals surface area (Å²) in [7, 11) is -3.75. The number of sulfonamides is 1. The molecule has 0 aliphatic carbocycles. The van der Waals surface area contributed by atoms with Gasteiger partial charge in [0.2, 0.25) is 0 Å². The van der Waals surface area contributed by atoms with Crippen LogP contribution >= 0.6 is 11.3 Å². The lowest BCUT2D eigenvalue weighted by atomic mass is 10.4. The van der Waals surface area contributed by atoms with Gasteiger partial charge in [-0.15, -0.1) is 11.3 Å². The van der Waals surface area contributed by atoms with Gasteiger partial charge >= 0.3 is 0 Å². The quantitative estimate of drug-likeness (QED) is 0.853. The van der Waals surface area contributed by atoms with E-state index in [1.807, 2.05) is 20.8 Å². The molecule has 6 nitrogen and oxygen atoms in total. The molecule has 2 N–H and O–H groups in total. The summed E-state index contributed by atoms with van der Waals surface area (Å²) in [4.78, 5) is 9.17. The molecule has 0 saturated heterocycles. The minimum atomic E-state index is -3.75. The van der Waals surface area contributed by atoms with Crippen molar-refractivity contribution in [3.63, 3.8) is 0 Å². The minimum Gasteiger partial charge on any atom is -0.383 e. The SMILES string of the molecule is CCCNc1cccnc1S(=O)(=O)Nc1nc(C)c(C)s1. The molecular formula is C13H18N4O2S2. The van der Waals surface area contributed by atoms with E-state index in [9.17, 15) is 8.42 Å². The van der Waals surface area contributed by atoms with Crippen molar-refractivity contribution in [3.05, 3.63) is 28.9 Å². The summed E-state index contributed by atoms with van der Waals surface area (Å²) in [5.74, 6) is 0. The van der Waals surface area contributed by atoms with Crippen LogP contribution in [0.2, 0.25) is 0 Å². The standard InChI is InChI=1S/C13H18N4O2S2/c1-4-7-14-11-6-5-8-15-12(11)21(18,19)17-13-16-9(2)10(3)20-13/h5-6,8,14H,4,7H2,1-3H3,(H,16,17). The van der Waals surface area contributed by atoms with E-state index in [0.717, 1.165) is 17.0 Å². The van der Waals surface area contributed by atoms with E-state index in [1.165, 1.54) is 17.5 Å². The average Bonchev–Trinajstić information content (AvgIpc) is 2.74. The fraction of sp³-hybridized carbons (Fsp3) is 0.385. The van der Waals surface area contributed by atoms with Crippen LogP contribution in [0.25, 0.3) is 0 Å². The summed E-state index contributed by atoms with van der Waals surface area (Å²) in [6.07, 6.45) is 2.36. The largest absolute Gasteiger partial charge is 0.383 e. The Morgan fingerprint density at radius 3 is 2.71 bits per heavy atom. The zero-order chi connectivity index (χ0) is 15.5. The molecule has 2 rings (SSSR count). The molecule has 8 heteroatoms. The molecule has 0 spiro atoms. The molecule has 0 aliphatic rings. The third-order valence-corrected chi connectivity index (χ3v) is 5.26. The zero-order valence-corrected chi connectivity index (χ0v) is 13.8. The maximum Gasteiger partial charge on any atom is 0.283 e. The van der Waals surface area contributed by atoms with Crippen molar-refractivity contribution in [2.75, 3.05) is 16.6 Å². The maximum absolute atomic E-state index is 12.5. The summed E-state index contributed by atoms with van der Waals surface area (Å²) in [5.41, 5.74) is 1.32. The summed E-state index contributed by atoms with van der Waals surface area (Å²) >= 11 is 1.31. The van der Waals surface area contributed by atoms with E-state index >= 15 is 0 Å². The number of anilines is 2. The highest BCUT2D eigenvalue weighted by Gasteiger charge is 2.21. The van der Waals surface area contributed by atoms with E-state index in [2.05, 4.69) is 20.0 Å². The zero-order valence-electron chi connectivity index (χ0n) is 12.2. The molecule has 114 valence electrons. The Kier molecular flexibility index (Phi) is 4.79. The van der Waals surface area contributed by atoms with Gasteiger partial charge in [-0.2, -0.15) is 8.42 Å². The highest BCUT2D eigenvalue weighted by molar-refractivity contribution is 7.93. The first-order valence-corrected chi connectivity index (χ1v) is 8.89. The van der Waals surface area contributed by atoms with Crippen LogP contribution in [-0.4, -0.2) is 24.9 Å². The topological polar surface area (TPSA) is 84.0 Å². The Hall–Kier alpha value is -1.67. The number of nitrogens with one attached hydrogen (secondary N) is 2. The van der Waals surface area contributed by atoms with Crippen LogP contribution in [0.1, 0.15) is 23.9 Å². The van der Waals surface area contributed by atoms with E-state index in [0.29, 0.717) is 17.4 Å². The number of aryl methyl sites for hydroxylation is 2.